The molecule has 0 aliphatic carbocycles. The normalized spacial score (nSPS) is 14.0. The zero-order chi connectivity index (χ0) is 17.4. The molecule has 0 aliphatic heterocycles. The van der Waals surface area contributed by atoms with E-state index < -0.39 is 12.1 Å². The van der Waals surface area contributed by atoms with Gasteiger partial charge in [0.05, 0.1) is 6.61 Å². The van der Waals surface area contributed by atoms with Crippen LogP contribution in [0.4, 0.5) is 0 Å². The maximum Gasteiger partial charge on any atom is 0.333 e. The smallest absolute Gasteiger partial charge is 0.333 e. The number of carboxylic acids is 1. The van der Waals surface area contributed by atoms with Gasteiger partial charge in [0.15, 0.2) is 6.10 Å². The third-order valence-corrected chi connectivity index (χ3v) is 3.73. The summed E-state index contributed by atoms with van der Waals surface area (Å²) in [5.41, 5.74) is 1.90. The molecule has 0 amide bonds. The molecule has 24 heavy (non-hydrogen) atoms. The molecular formula is C21H24O3. The van der Waals surface area contributed by atoms with E-state index >= 15 is 0 Å². The minimum atomic E-state index is -0.951. The van der Waals surface area contributed by atoms with Crippen LogP contribution in [0.3, 0.4) is 0 Å². The molecule has 0 unspecified atom stereocenters. The van der Waals surface area contributed by atoms with E-state index in [1.54, 1.807) is 0 Å². The van der Waals surface area contributed by atoms with Gasteiger partial charge in [-0.1, -0.05) is 86.7 Å². The molecule has 0 aliphatic rings. The molecule has 2 rings (SSSR count). The van der Waals surface area contributed by atoms with Crippen LogP contribution in [0.25, 0.3) is 0 Å². The average molecular weight is 324 g/mol. The van der Waals surface area contributed by atoms with Gasteiger partial charge in [-0.2, -0.15) is 0 Å². The molecule has 0 bridgehead atoms. The number of allylic oxidation sites excluding steroid dienone is 1. The Hall–Kier alpha value is -2.39. The van der Waals surface area contributed by atoms with Crippen molar-refractivity contribution in [1.82, 2.24) is 0 Å². The number of hydrogen-bond acceptors (Lipinski definition) is 2. The van der Waals surface area contributed by atoms with E-state index in [9.17, 15) is 9.90 Å². The molecule has 3 nitrogen and oxygen atoms in total. The van der Waals surface area contributed by atoms with E-state index in [1.807, 2.05) is 72.8 Å². The van der Waals surface area contributed by atoms with Crippen LogP contribution in [0.15, 0.2) is 72.8 Å². The summed E-state index contributed by atoms with van der Waals surface area (Å²) in [6.07, 6.45) is 3.05. The first kappa shape index (κ1) is 18.0. The molecule has 2 atom stereocenters. The Kier molecular flexibility index (Phi) is 6.76. The highest BCUT2D eigenvalue weighted by molar-refractivity contribution is 5.74. The number of aliphatic carboxylic acids is 1. The van der Waals surface area contributed by atoms with E-state index in [0.717, 1.165) is 11.1 Å². The summed E-state index contributed by atoms with van der Waals surface area (Å²) in [4.78, 5) is 11.8. The molecule has 0 heterocycles. The van der Waals surface area contributed by atoms with Gasteiger partial charge >= 0.3 is 5.97 Å². The molecule has 3 heteroatoms. The summed E-state index contributed by atoms with van der Waals surface area (Å²) in [6.45, 7) is 4.41. The minimum absolute atomic E-state index is 0.274. The highest BCUT2D eigenvalue weighted by atomic mass is 16.5. The summed E-state index contributed by atoms with van der Waals surface area (Å²) in [7, 11) is 0. The molecular weight excluding hydrogens is 300 g/mol. The minimum Gasteiger partial charge on any atom is -0.479 e. The van der Waals surface area contributed by atoms with Crippen LogP contribution in [-0.4, -0.2) is 17.2 Å². The van der Waals surface area contributed by atoms with Crippen molar-refractivity contribution in [2.75, 3.05) is 0 Å². The lowest BCUT2D eigenvalue weighted by molar-refractivity contribution is -0.152. The second kappa shape index (κ2) is 9.04. The summed E-state index contributed by atoms with van der Waals surface area (Å²) in [6, 6.07) is 19.3. The second-order valence-corrected chi connectivity index (χ2v) is 6.12. The van der Waals surface area contributed by atoms with Crippen molar-refractivity contribution < 1.29 is 14.6 Å². The van der Waals surface area contributed by atoms with Gasteiger partial charge < -0.3 is 9.84 Å². The summed E-state index contributed by atoms with van der Waals surface area (Å²) >= 11 is 0. The van der Waals surface area contributed by atoms with Gasteiger partial charge in [-0.15, -0.1) is 0 Å². The topological polar surface area (TPSA) is 46.5 Å². The lowest BCUT2D eigenvalue weighted by Crippen LogP contribution is -2.30. The van der Waals surface area contributed by atoms with Crippen molar-refractivity contribution in [3.8, 4) is 0 Å². The van der Waals surface area contributed by atoms with Crippen LogP contribution in [0.2, 0.25) is 0 Å². The van der Waals surface area contributed by atoms with Crippen molar-refractivity contribution in [3.05, 3.63) is 83.9 Å². The maximum absolute atomic E-state index is 11.8. The second-order valence-electron chi connectivity index (χ2n) is 6.12. The Bertz CT molecular complexity index is 647. The number of benzene rings is 2. The number of ether oxygens (including phenoxy) is 1. The van der Waals surface area contributed by atoms with E-state index in [2.05, 4.69) is 13.8 Å². The summed E-state index contributed by atoms with van der Waals surface area (Å²) in [5, 5.41) is 9.69. The molecule has 0 saturated heterocycles. The van der Waals surface area contributed by atoms with Gasteiger partial charge in [-0.25, -0.2) is 4.79 Å². The monoisotopic (exact) mass is 324 g/mol. The third-order valence-electron chi connectivity index (χ3n) is 3.73. The molecule has 0 radical (unpaired) electrons. The fraction of sp³-hybridized carbons (Fsp3) is 0.286. The number of hydrogen-bond donors (Lipinski definition) is 1. The molecule has 1 N–H and O–H groups in total. The lowest BCUT2D eigenvalue weighted by Gasteiger charge is -2.22. The Morgan fingerprint density at radius 1 is 1.00 bits per heavy atom. The summed E-state index contributed by atoms with van der Waals surface area (Å²) in [5.74, 6) is -0.928. The fourth-order valence-electron chi connectivity index (χ4n) is 2.49. The molecule has 0 spiro atoms. The third kappa shape index (κ3) is 5.36. The number of carbonyl (C=O) groups is 1. The molecule has 2 aromatic rings. The Balaban J connectivity index is 2.23. The quantitative estimate of drug-likeness (QED) is 0.719. The molecule has 0 fully saturated rings. The van der Waals surface area contributed by atoms with Crippen molar-refractivity contribution in [2.45, 2.75) is 32.5 Å². The first-order valence-electron chi connectivity index (χ1n) is 8.19. The highest BCUT2D eigenvalue weighted by Crippen LogP contribution is 2.25. The largest absolute Gasteiger partial charge is 0.479 e. The zero-order valence-electron chi connectivity index (χ0n) is 14.1. The number of rotatable bonds is 8. The van der Waals surface area contributed by atoms with E-state index in [-0.39, 0.29) is 12.5 Å². The highest BCUT2D eigenvalue weighted by Gasteiger charge is 2.28. The van der Waals surface area contributed by atoms with Crippen LogP contribution in [0.1, 0.15) is 30.9 Å². The molecule has 126 valence electrons. The van der Waals surface area contributed by atoms with Gasteiger partial charge in [0.25, 0.3) is 0 Å². The van der Waals surface area contributed by atoms with E-state index in [1.165, 1.54) is 0 Å². The van der Waals surface area contributed by atoms with Crippen LogP contribution >= 0.6 is 0 Å². The predicted molar refractivity (Wildman–Crippen MR) is 95.8 cm³/mol. The van der Waals surface area contributed by atoms with Crippen molar-refractivity contribution in [1.29, 1.82) is 0 Å². The van der Waals surface area contributed by atoms with E-state index in [4.69, 9.17) is 4.74 Å². The van der Waals surface area contributed by atoms with Crippen LogP contribution in [0.5, 0.6) is 0 Å². The average Bonchev–Trinajstić information content (AvgIpc) is 2.59. The zero-order valence-corrected chi connectivity index (χ0v) is 14.1. The van der Waals surface area contributed by atoms with Gasteiger partial charge in [0.1, 0.15) is 0 Å². The van der Waals surface area contributed by atoms with Crippen LogP contribution < -0.4 is 0 Å². The fourth-order valence-corrected chi connectivity index (χ4v) is 2.49. The number of carboxylic acid groups (broad SMARTS) is 1. The van der Waals surface area contributed by atoms with Gasteiger partial charge in [-0.3, -0.25) is 0 Å². The van der Waals surface area contributed by atoms with Gasteiger partial charge in [0.2, 0.25) is 0 Å². The van der Waals surface area contributed by atoms with Crippen LogP contribution in [-0.2, 0) is 16.1 Å². The predicted octanol–water partition coefficient (Wildman–Crippen LogP) is 4.65. The standard InChI is InChI=1S/C21H24O3/c1-16(2)13-14-19(18-11-7-4-8-12-18)20(21(22)23)24-15-17-9-5-3-6-10-17/h3-14,16,19-20H,15H2,1-2H3,(H,22,23)/b14-13+/t19-,20+/m1/s1. The van der Waals surface area contributed by atoms with Crippen LogP contribution in [0, 0.1) is 5.92 Å². The lowest BCUT2D eigenvalue weighted by atomic mass is 9.91. The maximum atomic E-state index is 11.8. The van der Waals surface area contributed by atoms with E-state index in [0.29, 0.717) is 5.92 Å². The summed E-state index contributed by atoms with van der Waals surface area (Å²) < 4.78 is 5.79. The first-order chi connectivity index (χ1) is 11.6. The molecule has 0 saturated carbocycles. The Morgan fingerprint density at radius 2 is 1.58 bits per heavy atom. The van der Waals surface area contributed by atoms with Gasteiger partial charge in [-0.05, 0) is 17.0 Å². The molecule has 0 aromatic heterocycles. The first-order valence-corrected chi connectivity index (χ1v) is 8.19. The Morgan fingerprint density at radius 3 is 2.12 bits per heavy atom. The van der Waals surface area contributed by atoms with Crippen molar-refractivity contribution >= 4 is 5.97 Å². The van der Waals surface area contributed by atoms with Crippen molar-refractivity contribution in [3.63, 3.8) is 0 Å². The Labute approximate surface area is 143 Å². The SMILES string of the molecule is CC(C)/C=C/[C@H](c1ccccc1)[C@H](OCc1ccccc1)C(=O)O. The van der Waals surface area contributed by atoms with Gasteiger partial charge in [0, 0.05) is 5.92 Å². The molecule has 2 aromatic carbocycles. The van der Waals surface area contributed by atoms with Crippen molar-refractivity contribution in [2.24, 2.45) is 5.92 Å².